The van der Waals surface area contributed by atoms with Gasteiger partial charge in [-0.05, 0) is 41.5 Å². The average molecular weight is 440 g/mol. The summed E-state index contributed by atoms with van der Waals surface area (Å²) in [7, 11) is 0. The number of hydrogen-bond acceptors (Lipinski definition) is 5. The van der Waals surface area contributed by atoms with E-state index < -0.39 is 6.10 Å². The van der Waals surface area contributed by atoms with Crippen LogP contribution in [0.3, 0.4) is 0 Å². The number of nitrogens with zero attached hydrogens (tertiary/aromatic N) is 1. The summed E-state index contributed by atoms with van der Waals surface area (Å²) in [6.45, 7) is 0.484. The summed E-state index contributed by atoms with van der Waals surface area (Å²) in [4.78, 5) is 0. The molecular formula is C25H26ClNO4. The van der Waals surface area contributed by atoms with E-state index in [-0.39, 0.29) is 24.2 Å². The van der Waals surface area contributed by atoms with E-state index in [1.165, 1.54) is 0 Å². The first kappa shape index (κ1) is 20.8. The summed E-state index contributed by atoms with van der Waals surface area (Å²) in [5.74, 6) is 0.732. The Bertz CT molecular complexity index is 1030. The van der Waals surface area contributed by atoms with Gasteiger partial charge in [0.1, 0.15) is 5.75 Å². The van der Waals surface area contributed by atoms with E-state index in [4.69, 9.17) is 26.3 Å². The van der Waals surface area contributed by atoms with Crippen molar-refractivity contribution >= 4 is 11.6 Å². The predicted octanol–water partition coefficient (Wildman–Crippen LogP) is 3.90. The molecule has 2 aliphatic heterocycles. The number of halogens is 1. The van der Waals surface area contributed by atoms with Crippen LogP contribution in [0.25, 0.3) is 0 Å². The van der Waals surface area contributed by atoms with Crippen LogP contribution in [0.5, 0.6) is 5.75 Å². The van der Waals surface area contributed by atoms with Crippen molar-refractivity contribution in [3.63, 3.8) is 0 Å². The van der Waals surface area contributed by atoms with Gasteiger partial charge in [-0.1, -0.05) is 41.9 Å². The van der Waals surface area contributed by atoms with Crippen LogP contribution in [-0.2, 0) is 24.0 Å². The number of aliphatic hydroxyl groups excluding tert-OH is 2. The first-order valence-electron chi connectivity index (χ1n) is 10.9. The summed E-state index contributed by atoms with van der Waals surface area (Å²) < 4.78 is 12.3. The number of aliphatic hydroxyl groups is 2. The van der Waals surface area contributed by atoms with Crippen LogP contribution in [-0.4, -0.2) is 35.6 Å². The van der Waals surface area contributed by atoms with Gasteiger partial charge < -0.3 is 19.7 Å². The van der Waals surface area contributed by atoms with Crippen molar-refractivity contribution in [3.05, 3.63) is 63.2 Å². The highest BCUT2D eigenvalue weighted by molar-refractivity contribution is 6.33. The van der Waals surface area contributed by atoms with Crippen LogP contribution >= 0.6 is 11.6 Å². The summed E-state index contributed by atoms with van der Waals surface area (Å²) in [5, 5.41) is 30.1. The largest absolute Gasteiger partial charge is 0.491 e. The first-order valence-corrected chi connectivity index (χ1v) is 11.3. The zero-order chi connectivity index (χ0) is 21.6. The second-order valence-electron chi connectivity index (χ2n) is 8.98. The Morgan fingerprint density at radius 2 is 1.94 bits per heavy atom. The molecule has 0 amide bonds. The Balaban J connectivity index is 1.53. The third-order valence-electron chi connectivity index (χ3n) is 7.05. The number of nitriles is 1. The highest BCUT2D eigenvalue weighted by Crippen LogP contribution is 2.63. The van der Waals surface area contributed by atoms with Gasteiger partial charge in [-0.15, -0.1) is 0 Å². The molecule has 3 aliphatic rings. The molecule has 5 nitrogen and oxygen atoms in total. The summed E-state index contributed by atoms with van der Waals surface area (Å²) in [5.41, 5.74) is 4.90. The van der Waals surface area contributed by atoms with E-state index in [0.717, 1.165) is 52.8 Å². The molecule has 2 heterocycles. The van der Waals surface area contributed by atoms with Gasteiger partial charge in [0.2, 0.25) is 0 Å². The van der Waals surface area contributed by atoms with Crippen molar-refractivity contribution in [1.82, 2.24) is 0 Å². The molecule has 2 N–H and O–H groups in total. The molecule has 5 rings (SSSR count). The van der Waals surface area contributed by atoms with Crippen molar-refractivity contribution in [2.45, 2.75) is 56.8 Å². The van der Waals surface area contributed by atoms with Crippen molar-refractivity contribution in [1.29, 1.82) is 5.26 Å². The van der Waals surface area contributed by atoms with E-state index >= 15 is 0 Å². The van der Waals surface area contributed by atoms with Crippen molar-refractivity contribution < 1.29 is 19.7 Å². The minimum absolute atomic E-state index is 0.0994. The highest BCUT2D eigenvalue weighted by atomic mass is 35.5. The minimum Gasteiger partial charge on any atom is -0.491 e. The van der Waals surface area contributed by atoms with E-state index in [1.54, 1.807) is 0 Å². The van der Waals surface area contributed by atoms with Gasteiger partial charge in [-0.3, -0.25) is 0 Å². The molecule has 1 saturated carbocycles. The van der Waals surface area contributed by atoms with Crippen LogP contribution in [0.4, 0.5) is 0 Å². The lowest BCUT2D eigenvalue weighted by Gasteiger charge is -2.41. The second-order valence-corrected chi connectivity index (χ2v) is 9.36. The monoisotopic (exact) mass is 439 g/mol. The number of hydrogen-bond donors (Lipinski definition) is 2. The van der Waals surface area contributed by atoms with E-state index in [0.29, 0.717) is 30.9 Å². The zero-order valence-corrected chi connectivity index (χ0v) is 18.1. The Labute approximate surface area is 187 Å². The topological polar surface area (TPSA) is 82.7 Å². The molecule has 31 heavy (non-hydrogen) atoms. The Morgan fingerprint density at radius 1 is 1.19 bits per heavy atom. The summed E-state index contributed by atoms with van der Waals surface area (Å²) >= 11 is 6.77. The number of rotatable bonds is 5. The van der Waals surface area contributed by atoms with E-state index in [2.05, 4.69) is 12.1 Å². The van der Waals surface area contributed by atoms with Gasteiger partial charge in [0.25, 0.3) is 0 Å². The fraction of sp³-hybridized carbons (Fsp3) is 0.480. The number of benzene rings is 2. The van der Waals surface area contributed by atoms with Crippen LogP contribution in [0.2, 0.25) is 5.02 Å². The quantitative estimate of drug-likeness (QED) is 0.738. The molecule has 1 aliphatic carbocycles. The van der Waals surface area contributed by atoms with E-state index in [1.807, 2.05) is 24.3 Å². The first-order chi connectivity index (χ1) is 15.1. The molecule has 0 unspecified atom stereocenters. The van der Waals surface area contributed by atoms with Gasteiger partial charge in [0, 0.05) is 23.8 Å². The van der Waals surface area contributed by atoms with Crippen molar-refractivity contribution in [3.8, 4) is 11.8 Å². The molecule has 1 spiro atoms. The lowest BCUT2D eigenvalue weighted by Crippen LogP contribution is -2.42. The molecule has 6 heteroatoms. The molecule has 2 aromatic rings. The standard InChI is InChI=1S/C25H26ClNO4/c26-22-17(11-16-3-1-15(2-4-16)5-9-27)12-20(19-6-10-30-23(19)22)24-25(7-8-25)21(29)13-18(14-28)31-24/h1-4,12,18,21,24,28-29H,5-8,10-11,13-14H2/t18-,21-,24-/m0/s1. The van der Waals surface area contributed by atoms with Crippen LogP contribution in [0, 0.1) is 16.7 Å². The maximum atomic E-state index is 10.8. The van der Waals surface area contributed by atoms with Crippen LogP contribution < -0.4 is 4.74 Å². The molecule has 0 radical (unpaired) electrons. The fourth-order valence-electron chi connectivity index (χ4n) is 5.14. The summed E-state index contributed by atoms with van der Waals surface area (Å²) in [6.07, 6.45) is 3.01. The van der Waals surface area contributed by atoms with Gasteiger partial charge in [0.05, 0.1) is 49.0 Å². The molecule has 3 atom stereocenters. The molecule has 162 valence electrons. The maximum absolute atomic E-state index is 10.8. The third kappa shape index (κ3) is 3.62. The molecular weight excluding hydrogens is 414 g/mol. The zero-order valence-electron chi connectivity index (χ0n) is 17.3. The second kappa shape index (κ2) is 8.11. The average Bonchev–Trinajstić information content (AvgIpc) is 3.41. The Hall–Kier alpha value is -2.10. The molecule has 2 fully saturated rings. The van der Waals surface area contributed by atoms with Gasteiger partial charge >= 0.3 is 0 Å². The normalized spacial score (nSPS) is 25.7. The van der Waals surface area contributed by atoms with Crippen molar-refractivity contribution in [2.24, 2.45) is 5.41 Å². The SMILES string of the molecule is N#CCc1ccc(Cc2cc([C@@H]3O[C@H](CO)C[C@H](O)C34CC4)c3c(c2Cl)OCC3)cc1. The lowest BCUT2D eigenvalue weighted by molar-refractivity contribution is -0.162. The van der Waals surface area contributed by atoms with Gasteiger partial charge in [0.15, 0.2) is 0 Å². The maximum Gasteiger partial charge on any atom is 0.141 e. The van der Waals surface area contributed by atoms with E-state index in [9.17, 15) is 10.2 Å². The lowest BCUT2D eigenvalue weighted by atomic mass is 9.79. The molecule has 1 saturated heterocycles. The highest BCUT2D eigenvalue weighted by Gasteiger charge is 2.59. The Morgan fingerprint density at radius 3 is 2.61 bits per heavy atom. The number of fused-ring (bicyclic) bond motifs is 1. The van der Waals surface area contributed by atoms with Crippen LogP contribution in [0.15, 0.2) is 30.3 Å². The molecule has 0 bridgehead atoms. The van der Waals surface area contributed by atoms with Gasteiger partial charge in [-0.2, -0.15) is 5.26 Å². The third-order valence-corrected chi connectivity index (χ3v) is 7.46. The minimum atomic E-state index is -0.479. The smallest absolute Gasteiger partial charge is 0.141 e. The predicted molar refractivity (Wildman–Crippen MR) is 116 cm³/mol. The fourth-order valence-corrected chi connectivity index (χ4v) is 5.43. The van der Waals surface area contributed by atoms with Gasteiger partial charge in [-0.25, -0.2) is 0 Å². The summed E-state index contributed by atoms with van der Waals surface area (Å²) in [6, 6.07) is 12.3. The Kier molecular flexibility index (Phi) is 5.44. The van der Waals surface area contributed by atoms with Crippen LogP contribution in [0.1, 0.15) is 53.2 Å². The molecule has 2 aromatic carbocycles. The number of ether oxygens (including phenoxy) is 2. The van der Waals surface area contributed by atoms with Crippen molar-refractivity contribution in [2.75, 3.05) is 13.2 Å². The molecule has 0 aromatic heterocycles.